The molecule has 1 aliphatic heterocycles. The summed E-state index contributed by atoms with van der Waals surface area (Å²) in [4.78, 5) is 22.7. The molecule has 6 atom stereocenters. The summed E-state index contributed by atoms with van der Waals surface area (Å²) in [6, 6.07) is 6.17. The second kappa shape index (κ2) is 11.9. The van der Waals surface area contributed by atoms with Gasteiger partial charge in [-0.3, -0.25) is 4.79 Å². The van der Waals surface area contributed by atoms with Crippen molar-refractivity contribution in [2.75, 3.05) is 19.8 Å². The Morgan fingerprint density at radius 3 is 2.20 bits per heavy atom. The maximum absolute atomic E-state index is 15.4. The van der Waals surface area contributed by atoms with E-state index in [0.29, 0.717) is 43.6 Å². The topological polar surface area (TPSA) is 137 Å². The molecule has 1 aromatic rings. The van der Waals surface area contributed by atoms with E-state index in [9.17, 15) is 33.0 Å². The number of carboxylic acids is 1. The highest BCUT2D eigenvalue weighted by Crippen LogP contribution is 2.71. The number of aliphatic hydroxyl groups is 2. The maximum atomic E-state index is 15.4. The third kappa shape index (κ3) is 5.93. The van der Waals surface area contributed by atoms with Gasteiger partial charge in [0.25, 0.3) is 0 Å². The third-order valence-electron chi connectivity index (χ3n) is 12.1. The molecule has 9 nitrogen and oxygen atoms in total. The predicted molar refractivity (Wildman–Crippen MR) is 165 cm³/mol. The number of ether oxygens (including phenoxy) is 2. The second-order valence-electron chi connectivity index (χ2n) is 15.9. The van der Waals surface area contributed by atoms with Gasteiger partial charge >= 0.3 is 24.1 Å². The van der Waals surface area contributed by atoms with Gasteiger partial charge in [-0.05, 0) is 67.1 Å². The van der Waals surface area contributed by atoms with Gasteiger partial charge in [0.2, 0.25) is 0 Å². The zero-order valence-corrected chi connectivity index (χ0v) is 27.9. The van der Waals surface area contributed by atoms with Crippen molar-refractivity contribution in [2.24, 2.45) is 22.7 Å². The average molecular weight is 701 g/mol. The lowest BCUT2D eigenvalue weighted by atomic mass is 9.49. The first-order valence-electron chi connectivity index (χ1n) is 16.9. The minimum atomic E-state index is -5.95. The molecule has 4 aliphatic carbocycles. The molecule has 0 aromatic heterocycles. The largest absolute Gasteiger partial charge is 0.480 e. The monoisotopic (exact) mass is 700 g/mol. The number of aliphatic carboxylic acids is 1. The van der Waals surface area contributed by atoms with Gasteiger partial charge in [0, 0.05) is 36.1 Å². The van der Waals surface area contributed by atoms with Crippen molar-refractivity contribution in [3.8, 4) is 0 Å². The Kier molecular flexibility index (Phi) is 8.73. The molecule has 3 saturated carbocycles. The van der Waals surface area contributed by atoms with Crippen LogP contribution in [0.5, 0.6) is 0 Å². The van der Waals surface area contributed by atoms with E-state index in [4.69, 9.17) is 14.6 Å². The first-order valence-corrected chi connectivity index (χ1v) is 16.9. The van der Waals surface area contributed by atoms with Gasteiger partial charge in [0.05, 0.1) is 18.8 Å². The summed E-state index contributed by atoms with van der Waals surface area (Å²) >= 11 is 0. The fourth-order valence-electron chi connectivity index (χ4n) is 9.58. The van der Waals surface area contributed by atoms with Gasteiger partial charge in [0.1, 0.15) is 12.1 Å². The number of amides is 2. The van der Waals surface area contributed by atoms with Crippen LogP contribution in [0.15, 0.2) is 35.4 Å². The summed E-state index contributed by atoms with van der Waals surface area (Å²) in [6.45, 7) is 5.82. The maximum Gasteiger partial charge on any atom is 0.456 e. The first-order chi connectivity index (χ1) is 22.7. The number of carboxylic acid groups (broad SMARTS) is 1. The van der Waals surface area contributed by atoms with Crippen LogP contribution in [-0.4, -0.2) is 76.2 Å². The lowest BCUT2D eigenvalue weighted by Crippen LogP contribution is -2.65. The van der Waals surface area contributed by atoms with Crippen molar-refractivity contribution in [1.82, 2.24) is 10.6 Å². The molecule has 49 heavy (non-hydrogen) atoms. The zero-order valence-electron chi connectivity index (χ0n) is 27.9. The minimum Gasteiger partial charge on any atom is -0.480 e. The summed E-state index contributed by atoms with van der Waals surface area (Å²) in [5, 5.41) is 37.4. The summed E-state index contributed by atoms with van der Waals surface area (Å²) < 4.78 is 85.0. The number of hydrogen-bond donors (Lipinski definition) is 5. The van der Waals surface area contributed by atoms with Crippen molar-refractivity contribution >= 4 is 12.0 Å². The van der Waals surface area contributed by atoms with Crippen LogP contribution >= 0.6 is 0 Å². The Bertz CT molecular complexity index is 1500. The number of urea groups is 1. The zero-order chi connectivity index (χ0) is 35.8. The highest BCUT2D eigenvalue weighted by molar-refractivity contribution is 5.79. The number of allylic oxidation sites excluding steroid dienone is 1. The Hall–Kier alpha value is -2.81. The molecule has 0 radical (unpaired) electrons. The number of nitrogens with one attached hydrogen (secondary N) is 2. The molecule has 1 saturated heterocycles. The molecule has 1 spiro atoms. The average Bonchev–Trinajstić information content (AvgIpc) is 3.30. The number of hydrogen-bond acceptors (Lipinski definition) is 6. The van der Waals surface area contributed by atoms with Gasteiger partial charge in [0.15, 0.2) is 5.79 Å². The first kappa shape index (κ1) is 36.0. The summed E-state index contributed by atoms with van der Waals surface area (Å²) in [6.07, 6.45) is -5.20. The van der Waals surface area contributed by atoms with E-state index < -0.39 is 77.2 Å². The molecule has 5 N–H and O–H groups in total. The van der Waals surface area contributed by atoms with E-state index in [1.165, 1.54) is 6.92 Å². The number of alkyl halides is 5. The number of carbonyl (C=O) groups is 2. The van der Waals surface area contributed by atoms with E-state index in [-0.39, 0.29) is 37.6 Å². The fraction of sp³-hybridized carbons (Fsp3) is 0.714. The Balaban J connectivity index is 1.37. The van der Waals surface area contributed by atoms with E-state index in [2.05, 4.69) is 10.6 Å². The van der Waals surface area contributed by atoms with E-state index >= 15 is 8.78 Å². The van der Waals surface area contributed by atoms with Crippen LogP contribution in [0.1, 0.15) is 89.2 Å². The van der Waals surface area contributed by atoms with E-state index in [1.54, 1.807) is 24.3 Å². The van der Waals surface area contributed by atoms with Gasteiger partial charge in [-0.1, -0.05) is 50.6 Å². The number of rotatable bonds is 6. The number of fused-ring (bicyclic) bond motifs is 4. The van der Waals surface area contributed by atoms with Crippen molar-refractivity contribution in [1.29, 1.82) is 0 Å². The number of benzene rings is 1. The van der Waals surface area contributed by atoms with Crippen molar-refractivity contribution in [3.63, 3.8) is 0 Å². The quantitative estimate of drug-likeness (QED) is 0.187. The van der Waals surface area contributed by atoms with Gasteiger partial charge in [-0.15, -0.1) is 0 Å². The molecular weight excluding hydrogens is 655 g/mol. The molecule has 4 fully saturated rings. The molecule has 2 amide bonds. The normalized spacial score (nSPS) is 35.3. The molecule has 14 heteroatoms. The van der Waals surface area contributed by atoms with Crippen LogP contribution in [-0.2, 0) is 20.8 Å². The number of halogens is 5. The van der Waals surface area contributed by atoms with Crippen molar-refractivity contribution in [3.05, 3.63) is 46.5 Å². The third-order valence-corrected chi connectivity index (χ3v) is 12.1. The lowest BCUT2D eigenvalue weighted by Gasteiger charge is -2.59. The molecule has 0 unspecified atom stereocenters. The highest BCUT2D eigenvalue weighted by atomic mass is 19.4. The second-order valence-corrected chi connectivity index (χ2v) is 15.9. The van der Waals surface area contributed by atoms with Crippen LogP contribution in [0.3, 0.4) is 0 Å². The van der Waals surface area contributed by atoms with Crippen LogP contribution in [0.25, 0.3) is 0 Å². The van der Waals surface area contributed by atoms with E-state index in [1.807, 2.05) is 13.8 Å². The lowest BCUT2D eigenvalue weighted by molar-refractivity contribution is -0.362. The van der Waals surface area contributed by atoms with Crippen LogP contribution in [0, 0.1) is 22.7 Å². The van der Waals surface area contributed by atoms with Gasteiger partial charge in [-0.25, -0.2) is 4.79 Å². The standard InChI is InChI=1S/C35H45F5N2O7/c1-29(2)18-48-32(49-19-29)12-9-25-27-22(8-11-31(25,46)17-32)24-10-13-33(47,34(36,37)35(38,39)40)30(24,3)14-23(27)21-6-4-20(5-7-21)15-41-28(45)42-16-26(43)44/h4-7,22-24,46-47H,8-19H2,1-3H3,(H,43,44)(H2,41,42,45)/t22-,23+,24-,30-,31+,33-/m0/s1. The van der Waals surface area contributed by atoms with Crippen molar-refractivity contribution < 1.29 is 56.3 Å². The molecule has 1 aromatic carbocycles. The predicted octanol–water partition coefficient (Wildman–Crippen LogP) is 5.79. The van der Waals surface area contributed by atoms with Crippen LogP contribution in [0.4, 0.5) is 26.7 Å². The molecule has 6 rings (SSSR count). The molecular formula is C35H45F5N2O7. The van der Waals surface area contributed by atoms with Crippen LogP contribution < -0.4 is 10.6 Å². The highest BCUT2D eigenvalue weighted by Gasteiger charge is 2.79. The summed E-state index contributed by atoms with van der Waals surface area (Å²) in [5.74, 6) is -9.30. The molecule has 272 valence electrons. The Morgan fingerprint density at radius 2 is 1.59 bits per heavy atom. The Morgan fingerprint density at radius 1 is 0.939 bits per heavy atom. The molecule has 5 aliphatic rings. The summed E-state index contributed by atoms with van der Waals surface area (Å²) in [5.41, 5.74) is -3.77. The van der Waals surface area contributed by atoms with Gasteiger partial charge in [-0.2, -0.15) is 22.0 Å². The fourth-order valence-corrected chi connectivity index (χ4v) is 9.58. The van der Waals surface area contributed by atoms with Gasteiger partial charge < -0.3 is 35.4 Å². The SMILES string of the molecule is CC1(C)COC2(CCC3=C4[C@@H](CC[C@@]3(O)C2)[C@@H]2CC[C@@](O)(C(F)(F)C(F)(F)F)[C@@]2(C)C[C@@H]4c2ccc(CNC(=O)NCC(=O)O)cc2)OC1. The molecule has 0 bridgehead atoms. The molecule has 1 heterocycles. The minimum absolute atomic E-state index is 0.00887. The van der Waals surface area contributed by atoms with Crippen LogP contribution in [0.2, 0.25) is 0 Å². The number of carbonyl (C=O) groups excluding carboxylic acids is 1. The van der Waals surface area contributed by atoms with Crippen molar-refractivity contribution in [2.45, 2.75) is 114 Å². The smallest absolute Gasteiger partial charge is 0.456 e. The van der Waals surface area contributed by atoms with E-state index in [0.717, 1.165) is 11.1 Å². The summed E-state index contributed by atoms with van der Waals surface area (Å²) in [7, 11) is 0. The Labute approximate surface area is 281 Å².